The molecule has 0 aliphatic carbocycles. The number of aliphatic hydroxyl groups excluding tert-OH is 1. The molecule has 0 aliphatic rings. The highest BCUT2D eigenvalue weighted by molar-refractivity contribution is 5.15. The van der Waals surface area contributed by atoms with Gasteiger partial charge in [0.2, 0.25) is 0 Å². The second kappa shape index (κ2) is 7.72. The van der Waals surface area contributed by atoms with Crippen molar-refractivity contribution in [3.63, 3.8) is 0 Å². The quantitative estimate of drug-likeness (QED) is 0.726. The Labute approximate surface area is 136 Å². The fraction of sp³-hybridized carbons (Fsp3) is 0.211. The molecular weight excluding hydrogens is 288 g/mol. The summed E-state index contributed by atoms with van der Waals surface area (Å²) in [4.78, 5) is 6.36. The Morgan fingerprint density at radius 2 is 1.74 bits per heavy atom. The normalized spacial score (nSPS) is 12.4. The van der Waals surface area contributed by atoms with E-state index in [0.717, 1.165) is 18.7 Å². The molecule has 0 bridgehead atoms. The van der Waals surface area contributed by atoms with Crippen molar-refractivity contribution in [2.75, 3.05) is 6.54 Å². The highest BCUT2D eigenvalue weighted by Gasteiger charge is 2.16. The van der Waals surface area contributed by atoms with E-state index < -0.39 is 6.10 Å². The lowest BCUT2D eigenvalue weighted by Crippen LogP contribution is -2.28. The highest BCUT2D eigenvalue weighted by Crippen LogP contribution is 2.18. The summed E-state index contributed by atoms with van der Waals surface area (Å²) < 4.78 is 5.31. The van der Waals surface area contributed by atoms with E-state index in [4.69, 9.17) is 4.42 Å². The van der Waals surface area contributed by atoms with Crippen LogP contribution in [0.1, 0.15) is 23.0 Å². The summed E-state index contributed by atoms with van der Waals surface area (Å²) in [7, 11) is 0. The smallest absolute Gasteiger partial charge is 0.133 e. The van der Waals surface area contributed by atoms with Gasteiger partial charge in [-0.05, 0) is 29.3 Å². The summed E-state index contributed by atoms with van der Waals surface area (Å²) in [6.45, 7) is 1.98. The SMILES string of the molecule is O[C@@H](CN(Cc1ccccc1)Cc1cccnc1)c1ccco1. The van der Waals surface area contributed by atoms with E-state index in [1.807, 2.05) is 36.5 Å². The van der Waals surface area contributed by atoms with Crippen LogP contribution >= 0.6 is 0 Å². The van der Waals surface area contributed by atoms with E-state index in [9.17, 15) is 5.11 Å². The molecule has 4 heteroatoms. The van der Waals surface area contributed by atoms with Crippen molar-refractivity contribution in [1.82, 2.24) is 9.88 Å². The second-order valence-electron chi connectivity index (χ2n) is 5.55. The van der Waals surface area contributed by atoms with Crippen LogP contribution in [0.2, 0.25) is 0 Å². The lowest BCUT2D eigenvalue weighted by atomic mass is 10.1. The molecule has 1 N–H and O–H groups in total. The van der Waals surface area contributed by atoms with Gasteiger partial charge in [0.1, 0.15) is 11.9 Å². The molecule has 0 amide bonds. The van der Waals surface area contributed by atoms with Crippen molar-refractivity contribution < 1.29 is 9.52 Å². The molecule has 23 heavy (non-hydrogen) atoms. The third-order valence-corrected chi connectivity index (χ3v) is 3.68. The maximum atomic E-state index is 10.4. The van der Waals surface area contributed by atoms with Gasteiger partial charge < -0.3 is 9.52 Å². The molecule has 0 spiro atoms. The van der Waals surface area contributed by atoms with Crippen molar-refractivity contribution in [3.8, 4) is 0 Å². The first-order chi connectivity index (χ1) is 11.3. The van der Waals surface area contributed by atoms with Crippen molar-refractivity contribution in [2.45, 2.75) is 19.2 Å². The second-order valence-corrected chi connectivity index (χ2v) is 5.55. The average molecular weight is 308 g/mol. The third-order valence-electron chi connectivity index (χ3n) is 3.68. The molecule has 0 radical (unpaired) electrons. The summed E-state index contributed by atoms with van der Waals surface area (Å²) in [5, 5.41) is 10.4. The molecule has 2 aromatic heterocycles. The van der Waals surface area contributed by atoms with Gasteiger partial charge in [0.05, 0.1) is 6.26 Å². The van der Waals surface area contributed by atoms with Gasteiger partial charge in [-0.15, -0.1) is 0 Å². The van der Waals surface area contributed by atoms with E-state index in [0.29, 0.717) is 12.3 Å². The fourth-order valence-electron chi connectivity index (χ4n) is 2.59. The van der Waals surface area contributed by atoms with Crippen LogP contribution in [0.15, 0.2) is 77.7 Å². The molecular formula is C19H20N2O2. The van der Waals surface area contributed by atoms with Gasteiger partial charge in [-0.1, -0.05) is 36.4 Å². The first-order valence-corrected chi connectivity index (χ1v) is 7.68. The molecule has 3 aromatic rings. The molecule has 2 heterocycles. The topological polar surface area (TPSA) is 49.5 Å². The molecule has 0 fully saturated rings. The number of hydrogen-bond acceptors (Lipinski definition) is 4. The summed E-state index contributed by atoms with van der Waals surface area (Å²) in [5.41, 5.74) is 2.33. The third kappa shape index (κ3) is 4.52. The molecule has 0 saturated carbocycles. The van der Waals surface area contributed by atoms with Gasteiger partial charge in [0, 0.05) is 32.0 Å². The van der Waals surface area contributed by atoms with Crippen LogP contribution in [0.25, 0.3) is 0 Å². The minimum absolute atomic E-state index is 0.497. The van der Waals surface area contributed by atoms with E-state index in [1.54, 1.807) is 24.6 Å². The number of hydrogen-bond donors (Lipinski definition) is 1. The number of aliphatic hydroxyl groups is 1. The molecule has 118 valence electrons. The lowest BCUT2D eigenvalue weighted by molar-refractivity contribution is 0.0872. The molecule has 0 unspecified atom stereocenters. The van der Waals surface area contributed by atoms with Crippen LogP contribution in [-0.4, -0.2) is 21.5 Å². The van der Waals surface area contributed by atoms with Crippen molar-refractivity contribution in [3.05, 3.63) is 90.1 Å². The Bertz CT molecular complexity index is 642. The number of rotatable bonds is 7. The van der Waals surface area contributed by atoms with Crippen molar-refractivity contribution >= 4 is 0 Å². The molecule has 1 aromatic carbocycles. The van der Waals surface area contributed by atoms with Crippen LogP contribution in [0.5, 0.6) is 0 Å². The zero-order valence-electron chi connectivity index (χ0n) is 12.9. The maximum absolute atomic E-state index is 10.4. The van der Waals surface area contributed by atoms with Crippen LogP contribution in [-0.2, 0) is 13.1 Å². The first-order valence-electron chi connectivity index (χ1n) is 7.68. The highest BCUT2D eigenvalue weighted by atomic mass is 16.4. The van der Waals surface area contributed by atoms with Crippen LogP contribution in [0.3, 0.4) is 0 Å². The Kier molecular flexibility index (Phi) is 5.19. The largest absolute Gasteiger partial charge is 0.467 e. The number of pyridine rings is 1. The summed E-state index contributed by atoms with van der Waals surface area (Å²) in [5.74, 6) is 0.592. The minimum atomic E-state index is -0.648. The Hall–Kier alpha value is -2.43. The molecule has 3 rings (SSSR count). The summed E-state index contributed by atoms with van der Waals surface area (Å²) in [6, 6.07) is 17.8. The number of furan rings is 1. The van der Waals surface area contributed by atoms with Crippen LogP contribution < -0.4 is 0 Å². The van der Waals surface area contributed by atoms with E-state index in [2.05, 4.69) is 22.0 Å². The van der Waals surface area contributed by atoms with Gasteiger partial charge in [-0.3, -0.25) is 9.88 Å². The van der Waals surface area contributed by atoms with E-state index in [1.165, 1.54) is 5.56 Å². The van der Waals surface area contributed by atoms with Gasteiger partial charge in [-0.2, -0.15) is 0 Å². The Morgan fingerprint density at radius 3 is 2.43 bits per heavy atom. The molecule has 4 nitrogen and oxygen atoms in total. The zero-order chi connectivity index (χ0) is 15.9. The Morgan fingerprint density at radius 1 is 0.957 bits per heavy atom. The number of nitrogens with zero attached hydrogens (tertiary/aromatic N) is 2. The fourth-order valence-corrected chi connectivity index (χ4v) is 2.59. The predicted octanol–water partition coefficient (Wildman–Crippen LogP) is 3.41. The van der Waals surface area contributed by atoms with Gasteiger partial charge in [0.15, 0.2) is 0 Å². The summed E-state index contributed by atoms with van der Waals surface area (Å²) in [6.07, 6.45) is 4.56. The molecule has 0 aliphatic heterocycles. The van der Waals surface area contributed by atoms with Crippen LogP contribution in [0.4, 0.5) is 0 Å². The van der Waals surface area contributed by atoms with E-state index >= 15 is 0 Å². The number of benzene rings is 1. The maximum Gasteiger partial charge on any atom is 0.133 e. The monoisotopic (exact) mass is 308 g/mol. The van der Waals surface area contributed by atoms with Gasteiger partial charge in [-0.25, -0.2) is 0 Å². The minimum Gasteiger partial charge on any atom is -0.467 e. The van der Waals surface area contributed by atoms with Crippen molar-refractivity contribution in [1.29, 1.82) is 0 Å². The van der Waals surface area contributed by atoms with Crippen LogP contribution in [0, 0.1) is 0 Å². The molecule has 0 saturated heterocycles. The van der Waals surface area contributed by atoms with E-state index in [-0.39, 0.29) is 0 Å². The Balaban J connectivity index is 1.72. The lowest BCUT2D eigenvalue weighted by Gasteiger charge is -2.24. The zero-order valence-corrected chi connectivity index (χ0v) is 12.9. The summed E-state index contributed by atoms with van der Waals surface area (Å²) >= 11 is 0. The number of aromatic nitrogens is 1. The first kappa shape index (κ1) is 15.5. The standard InChI is InChI=1S/C19H20N2O2/c22-18(19-9-5-11-23-19)15-21(13-16-6-2-1-3-7-16)14-17-8-4-10-20-12-17/h1-12,18,22H,13-15H2/t18-/m0/s1. The predicted molar refractivity (Wildman–Crippen MR) is 88.5 cm³/mol. The molecule has 1 atom stereocenters. The van der Waals surface area contributed by atoms with Gasteiger partial charge >= 0.3 is 0 Å². The van der Waals surface area contributed by atoms with Crippen molar-refractivity contribution in [2.24, 2.45) is 0 Å². The van der Waals surface area contributed by atoms with Gasteiger partial charge in [0.25, 0.3) is 0 Å². The average Bonchev–Trinajstić information content (AvgIpc) is 3.11.